The van der Waals surface area contributed by atoms with E-state index < -0.39 is 0 Å². The maximum absolute atomic E-state index is 13.0. The Morgan fingerprint density at radius 2 is 1.77 bits per heavy atom. The van der Waals surface area contributed by atoms with E-state index in [-0.39, 0.29) is 18.4 Å². The number of methoxy groups -OCH3 is 1. The first kappa shape index (κ1) is 25.0. The Labute approximate surface area is 221 Å². The van der Waals surface area contributed by atoms with E-state index in [0.717, 1.165) is 15.6 Å². The molecule has 1 aliphatic rings. The van der Waals surface area contributed by atoms with Crippen molar-refractivity contribution in [2.45, 2.75) is 6.92 Å². The summed E-state index contributed by atoms with van der Waals surface area (Å²) in [6, 6.07) is 19.9. The Kier molecular flexibility index (Phi) is 7.90. The Bertz CT molecular complexity index is 1310. The van der Waals surface area contributed by atoms with Crippen LogP contribution in [0.4, 0.5) is 11.4 Å². The molecule has 0 saturated carbocycles. The first-order chi connectivity index (χ1) is 16.8. The molecule has 0 aliphatic carbocycles. The standard InChI is InChI=1S/C26H21BrN2O4S2/c1-16-13-18(5-12-22(16)27)28-24(30)15-33-21-8-3-17(4-9-21)14-23-25(31)29(26(34)35-23)19-6-10-20(32-2)11-7-19/h3-14H,15H2,1-2H3,(H,28,30)/b23-14-. The third-order valence-corrected chi connectivity index (χ3v) is 7.31. The summed E-state index contributed by atoms with van der Waals surface area (Å²) in [5.74, 6) is 0.830. The van der Waals surface area contributed by atoms with Gasteiger partial charge in [-0.15, -0.1) is 0 Å². The van der Waals surface area contributed by atoms with E-state index >= 15 is 0 Å². The maximum Gasteiger partial charge on any atom is 0.270 e. The molecular formula is C26H21BrN2O4S2. The molecule has 1 fully saturated rings. The summed E-state index contributed by atoms with van der Waals surface area (Å²) >= 11 is 10.1. The highest BCUT2D eigenvalue weighted by atomic mass is 79.9. The number of ether oxygens (including phenoxy) is 2. The van der Waals surface area contributed by atoms with E-state index in [4.69, 9.17) is 21.7 Å². The van der Waals surface area contributed by atoms with Crippen LogP contribution in [0.15, 0.2) is 76.1 Å². The van der Waals surface area contributed by atoms with Gasteiger partial charge >= 0.3 is 0 Å². The summed E-state index contributed by atoms with van der Waals surface area (Å²) in [6.45, 7) is 1.84. The summed E-state index contributed by atoms with van der Waals surface area (Å²) in [5.41, 5.74) is 3.25. The predicted octanol–water partition coefficient (Wildman–Crippen LogP) is 6.19. The number of carbonyl (C=O) groups is 2. The van der Waals surface area contributed by atoms with Gasteiger partial charge in [0.15, 0.2) is 10.9 Å². The molecular weight excluding hydrogens is 548 g/mol. The van der Waals surface area contributed by atoms with E-state index in [1.54, 1.807) is 49.6 Å². The molecule has 0 aromatic heterocycles. The number of benzene rings is 3. The Hall–Kier alpha value is -3.14. The first-order valence-electron chi connectivity index (χ1n) is 10.5. The lowest BCUT2D eigenvalue weighted by Gasteiger charge is -2.14. The van der Waals surface area contributed by atoms with Crippen LogP contribution in [0.2, 0.25) is 0 Å². The number of nitrogens with one attached hydrogen (secondary N) is 1. The maximum atomic E-state index is 13.0. The van der Waals surface area contributed by atoms with Gasteiger partial charge in [-0.25, -0.2) is 0 Å². The van der Waals surface area contributed by atoms with Crippen molar-refractivity contribution in [3.05, 3.63) is 87.2 Å². The second kappa shape index (κ2) is 11.1. The fraction of sp³-hybridized carbons (Fsp3) is 0.115. The molecule has 0 bridgehead atoms. The highest BCUT2D eigenvalue weighted by Gasteiger charge is 2.33. The molecule has 0 radical (unpaired) electrons. The summed E-state index contributed by atoms with van der Waals surface area (Å²) < 4.78 is 12.2. The fourth-order valence-electron chi connectivity index (χ4n) is 3.30. The first-order valence-corrected chi connectivity index (χ1v) is 12.6. The van der Waals surface area contributed by atoms with Gasteiger partial charge in [-0.2, -0.15) is 0 Å². The van der Waals surface area contributed by atoms with E-state index in [2.05, 4.69) is 21.2 Å². The van der Waals surface area contributed by atoms with Crippen LogP contribution in [0.1, 0.15) is 11.1 Å². The zero-order valence-electron chi connectivity index (χ0n) is 18.9. The van der Waals surface area contributed by atoms with Crippen molar-refractivity contribution in [2.75, 3.05) is 23.9 Å². The van der Waals surface area contributed by atoms with E-state index in [1.165, 1.54) is 16.7 Å². The number of hydrogen-bond acceptors (Lipinski definition) is 6. The molecule has 1 N–H and O–H groups in total. The number of carbonyl (C=O) groups excluding carboxylic acids is 2. The van der Waals surface area contributed by atoms with Crippen LogP contribution in [-0.4, -0.2) is 29.9 Å². The molecule has 3 aromatic carbocycles. The number of thiocarbonyl (C=S) groups is 1. The number of thioether (sulfide) groups is 1. The second-order valence-electron chi connectivity index (χ2n) is 7.58. The van der Waals surface area contributed by atoms with Crippen molar-refractivity contribution < 1.29 is 19.1 Å². The average Bonchev–Trinajstić information content (AvgIpc) is 3.13. The molecule has 6 nitrogen and oxygen atoms in total. The minimum Gasteiger partial charge on any atom is -0.497 e. The van der Waals surface area contributed by atoms with Gasteiger partial charge in [0.05, 0.1) is 17.7 Å². The Morgan fingerprint density at radius 3 is 2.43 bits per heavy atom. The van der Waals surface area contributed by atoms with E-state index in [1.807, 2.05) is 37.3 Å². The lowest BCUT2D eigenvalue weighted by atomic mass is 10.2. The topological polar surface area (TPSA) is 67.9 Å². The van der Waals surface area contributed by atoms with Crippen LogP contribution in [0.25, 0.3) is 6.08 Å². The van der Waals surface area contributed by atoms with Gasteiger partial charge in [0, 0.05) is 10.2 Å². The second-order valence-corrected chi connectivity index (χ2v) is 10.1. The Morgan fingerprint density at radius 1 is 1.09 bits per heavy atom. The molecule has 35 heavy (non-hydrogen) atoms. The minimum absolute atomic E-state index is 0.116. The monoisotopic (exact) mass is 568 g/mol. The lowest BCUT2D eigenvalue weighted by Crippen LogP contribution is -2.27. The van der Waals surface area contributed by atoms with Crippen molar-refractivity contribution >= 4 is 73.5 Å². The van der Waals surface area contributed by atoms with Crippen molar-refractivity contribution in [1.29, 1.82) is 0 Å². The van der Waals surface area contributed by atoms with Gasteiger partial charge in [0.2, 0.25) is 0 Å². The van der Waals surface area contributed by atoms with Gasteiger partial charge in [0.25, 0.3) is 11.8 Å². The number of amides is 2. The van der Waals surface area contributed by atoms with Crippen molar-refractivity contribution in [2.24, 2.45) is 0 Å². The van der Waals surface area contributed by atoms with Crippen LogP contribution in [0.5, 0.6) is 11.5 Å². The third-order valence-electron chi connectivity index (χ3n) is 5.11. The minimum atomic E-state index is -0.252. The molecule has 178 valence electrons. The summed E-state index contributed by atoms with van der Waals surface area (Å²) in [7, 11) is 1.59. The molecule has 9 heteroatoms. The number of rotatable bonds is 7. The molecule has 4 rings (SSSR count). The van der Waals surface area contributed by atoms with Crippen LogP contribution in [-0.2, 0) is 9.59 Å². The van der Waals surface area contributed by atoms with Gasteiger partial charge in [-0.3, -0.25) is 14.5 Å². The average molecular weight is 570 g/mol. The SMILES string of the molecule is COc1ccc(N2C(=O)/C(=C/c3ccc(OCC(=O)Nc4ccc(Br)c(C)c4)cc3)SC2=S)cc1. The number of aryl methyl sites for hydroxylation is 1. The lowest BCUT2D eigenvalue weighted by molar-refractivity contribution is -0.118. The smallest absolute Gasteiger partial charge is 0.270 e. The van der Waals surface area contributed by atoms with Crippen LogP contribution in [0.3, 0.4) is 0 Å². The number of nitrogens with zero attached hydrogens (tertiary/aromatic N) is 1. The normalized spacial score (nSPS) is 14.4. The van der Waals surface area contributed by atoms with Crippen LogP contribution < -0.4 is 19.7 Å². The van der Waals surface area contributed by atoms with Crippen LogP contribution >= 0.6 is 39.9 Å². The third kappa shape index (κ3) is 6.11. The Balaban J connectivity index is 1.36. The fourth-order valence-corrected chi connectivity index (χ4v) is 4.85. The quantitative estimate of drug-likeness (QED) is 0.271. The van der Waals surface area contributed by atoms with Gasteiger partial charge in [-0.05, 0) is 78.7 Å². The molecule has 0 unspecified atom stereocenters. The van der Waals surface area contributed by atoms with Gasteiger partial charge in [0.1, 0.15) is 11.5 Å². The highest BCUT2D eigenvalue weighted by molar-refractivity contribution is 9.10. The number of anilines is 2. The molecule has 0 atom stereocenters. The summed E-state index contributed by atoms with van der Waals surface area (Å²) in [5, 5.41) is 2.81. The molecule has 1 aliphatic heterocycles. The summed E-state index contributed by atoms with van der Waals surface area (Å²) in [6.07, 6.45) is 1.79. The van der Waals surface area contributed by atoms with Crippen molar-refractivity contribution in [3.8, 4) is 11.5 Å². The zero-order valence-corrected chi connectivity index (χ0v) is 22.1. The van der Waals surface area contributed by atoms with E-state index in [9.17, 15) is 9.59 Å². The highest BCUT2D eigenvalue weighted by Crippen LogP contribution is 2.36. The largest absolute Gasteiger partial charge is 0.497 e. The predicted molar refractivity (Wildman–Crippen MR) is 148 cm³/mol. The molecule has 1 heterocycles. The molecule has 0 spiro atoms. The van der Waals surface area contributed by atoms with Crippen molar-refractivity contribution in [1.82, 2.24) is 0 Å². The molecule has 3 aromatic rings. The van der Waals surface area contributed by atoms with Gasteiger partial charge < -0.3 is 14.8 Å². The number of hydrogen-bond donors (Lipinski definition) is 1. The molecule has 1 saturated heterocycles. The zero-order chi connectivity index (χ0) is 24.9. The number of halogens is 1. The van der Waals surface area contributed by atoms with E-state index in [0.29, 0.717) is 32.1 Å². The van der Waals surface area contributed by atoms with Crippen molar-refractivity contribution in [3.63, 3.8) is 0 Å². The summed E-state index contributed by atoms with van der Waals surface area (Å²) in [4.78, 5) is 27.2. The molecule has 2 amide bonds. The van der Waals surface area contributed by atoms with Gasteiger partial charge in [-0.1, -0.05) is 52.0 Å². The van der Waals surface area contributed by atoms with Crippen LogP contribution in [0, 0.1) is 6.92 Å².